The lowest BCUT2D eigenvalue weighted by molar-refractivity contribution is -0.384. The number of amides is 2. The second-order valence-electron chi connectivity index (χ2n) is 7.72. The lowest BCUT2D eigenvalue weighted by Gasteiger charge is -2.19. The largest absolute Gasteiger partial charge is 0.484 e. The van der Waals surface area contributed by atoms with E-state index in [1.165, 1.54) is 35.6 Å². The molecule has 0 fully saturated rings. The third-order valence-corrected chi connectivity index (χ3v) is 5.78. The minimum atomic E-state index is -0.515. The molecule has 8 nitrogen and oxygen atoms in total. The van der Waals surface area contributed by atoms with Gasteiger partial charge in [-0.3, -0.25) is 19.7 Å². The van der Waals surface area contributed by atoms with Gasteiger partial charge in [-0.15, -0.1) is 11.3 Å². The second-order valence-corrected chi connectivity index (χ2v) is 9.12. The lowest BCUT2D eigenvalue weighted by atomic mass is 10.1. The van der Waals surface area contributed by atoms with Crippen molar-refractivity contribution in [2.24, 2.45) is 0 Å². The van der Waals surface area contributed by atoms with Gasteiger partial charge < -0.3 is 15.4 Å². The van der Waals surface area contributed by atoms with E-state index in [0.717, 1.165) is 0 Å². The quantitative estimate of drug-likeness (QED) is 0.396. The Morgan fingerprint density at radius 3 is 2.45 bits per heavy atom. The number of hydrogen-bond donors (Lipinski definition) is 2. The first-order chi connectivity index (χ1) is 14.5. The van der Waals surface area contributed by atoms with Crippen LogP contribution < -0.4 is 15.4 Å². The van der Waals surface area contributed by atoms with Crippen molar-refractivity contribution in [2.45, 2.75) is 26.3 Å². The fourth-order valence-electron chi connectivity index (χ4n) is 2.73. The van der Waals surface area contributed by atoms with Crippen LogP contribution >= 0.6 is 22.9 Å². The Hall–Kier alpha value is -3.17. The van der Waals surface area contributed by atoms with Crippen molar-refractivity contribution in [3.05, 3.63) is 62.5 Å². The van der Waals surface area contributed by atoms with Crippen molar-refractivity contribution in [3.8, 4) is 5.75 Å². The topological polar surface area (TPSA) is 111 Å². The van der Waals surface area contributed by atoms with Gasteiger partial charge >= 0.3 is 0 Å². The van der Waals surface area contributed by atoms with Crippen molar-refractivity contribution in [2.75, 3.05) is 11.9 Å². The standard InChI is InChI=1S/C21H20ClN3O5S/c1-21(2,3)24-20(27)19-17(22)14-5-4-6-15(18(14)31-19)23-16(26)11-30-13-9-7-12(8-10-13)25(28)29/h4-10H,11H2,1-3H3,(H,23,26)(H,24,27). The predicted molar refractivity (Wildman–Crippen MR) is 121 cm³/mol. The molecule has 3 aromatic rings. The van der Waals surface area contributed by atoms with Crippen molar-refractivity contribution in [1.29, 1.82) is 0 Å². The SMILES string of the molecule is CC(C)(C)NC(=O)c1sc2c(NC(=O)COc3ccc([N+](=O)[O-])cc3)cccc2c1Cl. The number of nitro groups is 1. The molecule has 0 spiro atoms. The van der Waals surface area contributed by atoms with Crippen molar-refractivity contribution in [3.63, 3.8) is 0 Å². The van der Waals surface area contributed by atoms with Crippen LogP contribution in [-0.4, -0.2) is 28.9 Å². The number of thiophene rings is 1. The van der Waals surface area contributed by atoms with Crippen LogP contribution in [0.15, 0.2) is 42.5 Å². The monoisotopic (exact) mass is 461 g/mol. The zero-order valence-electron chi connectivity index (χ0n) is 17.0. The third-order valence-electron chi connectivity index (χ3n) is 4.04. The van der Waals surface area contributed by atoms with Gasteiger partial charge in [0.05, 0.1) is 20.3 Å². The van der Waals surface area contributed by atoms with E-state index in [1.807, 2.05) is 20.8 Å². The van der Waals surface area contributed by atoms with E-state index in [-0.39, 0.29) is 18.2 Å². The summed E-state index contributed by atoms with van der Waals surface area (Å²) >= 11 is 7.63. The van der Waals surface area contributed by atoms with Gasteiger partial charge in [-0.1, -0.05) is 23.7 Å². The van der Waals surface area contributed by atoms with Crippen LogP contribution in [0.4, 0.5) is 11.4 Å². The highest BCUT2D eigenvalue weighted by Gasteiger charge is 2.22. The number of halogens is 1. The molecule has 2 N–H and O–H groups in total. The Kier molecular flexibility index (Phi) is 6.47. The highest BCUT2D eigenvalue weighted by Crippen LogP contribution is 2.39. The van der Waals surface area contributed by atoms with E-state index in [4.69, 9.17) is 16.3 Å². The van der Waals surface area contributed by atoms with E-state index in [1.54, 1.807) is 18.2 Å². The summed E-state index contributed by atoms with van der Waals surface area (Å²) in [6.07, 6.45) is 0. The van der Waals surface area contributed by atoms with Crippen LogP contribution in [0.5, 0.6) is 5.75 Å². The molecule has 10 heteroatoms. The number of anilines is 1. The molecule has 2 amide bonds. The van der Waals surface area contributed by atoms with Crippen LogP contribution in [0.2, 0.25) is 5.02 Å². The van der Waals surface area contributed by atoms with Gasteiger partial charge in [-0.25, -0.2) is 0 Å². The number of rotatable bonds is 6. The molecule has 0 unspecified atom stereocenters. The Labute approximate surface area is 187 Å². The second kappa shape index (κ2) is 8.91. The van der Waals surface area contributed by atoms with Gasteiger partial charge in [0, 0.05) is 23.1 Å². The molecule has 0 saturated heterocycles. The zero-order valence-corrected chi connectivity index (χ0v) is 18.6. The highest BCUT2D eigenvalue weighted by molar-refractivity contribution is 7.22. The van der Waals surface area contributed by atoms with Crippen LogP contribution in [-0.2, 0) is 4.79 Å². The van der Waals surface area contributed by atoms with Crippen LogP contribution in [0.1, 0.15) is 30.4 Å². The lowest BCUT2D eigenvalue weighted by Crippen LogP contribution is -2.40. The van der Waals surface area contributed by atoms with Crippen LogP contribution in [0.25, 0.3) is 10.1 Å². The van der Waals surface area contributed by atoms with Crippen LogP contribution in [0, 0.1) is 10.1 Å². The first-order valence-electron chi connectivity index (χ1n) is 9.26. The zero-order chi connectivity index (χ0) is 22.8. The Morgan fingerprint density at radius 2 is 1.84 bits per heavy atom. The summed E-state index contributed by atoms with van der Waals surface area (Å²) in [5.74, 6) is -0.368. The smallest absolute Gasteiger partial charge is 0.269 e. The van der Waals surface area contributed by atoms with Crippen molar-refractivity contribution in [1.82, 2.24) is 5.32 Å². The van der Waals surface area contributed by atoms with E-state index < -0.39 is 16.4 Å². The fourth-order valence-corrected chi connectivity index (χ4v) is 4.20. The van der Waals surface area contributed by atoms with Gasteiger partial charge in [0.15, 0.2) is 6.61 Å². The maximum Gasteiger partial charge on any atom is 0.269 e. The van der Waals surface area contributed by atoms with Gasteiger partial charge in [0.2, 0.25) is 0 Å². The van der Waals surface area contributed by atoms with Gasteiger partial charge in [-0.2, -0.15) is 0 Å². The van der Waals surface area contributed by atoms with Gasteiger partial charge in [0.25, 0.3) is 17.5 Å². The average Bonchev–Trinajstić information content (AvgIpc) is 3.03. The number of ether oxygens (including phenoxy) is 1. The van der Waals surface area contributed by atoms with E-state index >= 15 is 0 Å². The maximum atomic E-state index is 12.6. The highest BCUT2D eigenvalue weighted by atomic mass is 35.5. The first kappa shape index (κ1) is 22.5. The van der Waals surface area contributed by atoms with Gasteiger partial charge in [-0.05, 0) is 39.0 Å². The summed E-state index contributed by atoms with van der Waals surface area (Å²) in [5, 5.41) is 17.3. The van der Waals surface area contributed by atoms with E-state index in [2.05, 4.69) is 10.6 Å². The summed E-state index contributed by atoms with van der Waals surface area (Å²) in [4.78, 5) is 35.5. The molecule has 3 rings (SSSR count). The molecule has 0 radical (unpaired) electrons. The van der Waals surface area contributed by atoms with Crippen molar-refractivity contribution < 1.29 is 19.2 Å². The Bertz CT molecular complexity index is 1150. The molecule has 162 valence electrons. The molecule has 0 bridgehead atoms. The number of nitrogens with zero attached hydrogens (tertiary/aromatic N) is 1. The predicted octanol–water partition coefficient (Wildman–Crippen LogP) is 5.01. The number of fused-ring (bicyclic) bond motifs is 1. The van der Waals surface area contributed by atoms with E-state index in [9.17, 15) is 19.7 Å². The van der Waals surface area contributed by atoms with Crippen molar-refractivity contribution >= 4 is 56.2 Å². The first-order valence-corrected chi connectivity index (χ1v) is 10.5. The molecule has 0 aliphatic rings. The number of nitro benzene ring substituents is 1. The van der Waals surface area contributed by atoms with Gasteiger partial charge in [0.1, 0.15) is 10.6 Å². The number of benzene rings is 2. The summed E-state index contributed by atoms with van der Waals surface area (Å²) in [7, 11) is 0. The molecular formula is C21H20ClN3O5S. The molecule has 1 heterocycles. The third kappa shape index (κ3) is 5.50. The molecule has 0 aliphatic carbocycles. The number of hydrogen-bond acceptors (Lipinski definition) is 6. The fraction of sp³-hybridized carbons (Fsp3) is 0.238. The molecule has 0 atom stereocenters. The Balaban J connectivity index is 1.73. The summed E-state index contributed by atoms with van der Waals surface area (Å²) < 4.78 is 6.06. The number of nitrogens with one attached hydrogen (secondary N) is 2. The number of carbonyl (C=O) groups is 2. The normalized spacial score (nSPS) is 11.2. The minimum absolute atomic E-state index is 0.0654. The molecule has 31 heavy (non-hydrogen) atoms. The summed E-state index contributed by atoms with van der Waals surface area (Å²) in [5.41, 5.74) is 0.0314. The summed E-state index contributed by atoms with van der Waals surface area (Å²) in [6.45, 7) is 5.35. The number of carbonyl (C=O) groups excluding carboxylic acids is 2. The molecule has 0 aliphatic heterocycles. The Morgan fingerprint density at radius 1 is 1.16 bits per heavy atom. The number of non-ortho nitro benzene ring substituents is 1. The molecule has 1 aromatic heterocycles. The molecular weight excluding hydrogens is 442 g/mol. The maximum absolute atomic E-state index is 12.6. The minimum Gasteiger partial charge on any atom is -0.484 e. The molecule has 2 aromatic carbocycles. The average molecular weight is 462 g/mol. The summed E-state index contributed by atoms with van der Waals surface area (Å²) in [6, 6.07) is 10.7. The molecule has 0 saturated carbocycles. The van der Waals surface area contributed by atoms with E-state index in [0.29, 0.717) is 31.4 Å². The van der Waals surface area contributed by atoms with Crippen LogP contribution in [0.3, 0.4) is 0 Å².